The number of aliphatic hydroxyl groups excluding tert-OH is 1. The van der Waals surface area contributed by atoms with Crippen molar-refractivity contribution in [2.24, 2.45) is 5.92 Å². The van der Waals surface area contributed by atoms with Gasteiger partial charge in [-0.1, -0.05) is 0 Å². The Balaban J connectivity index is 1.92. The lowest BCUT2D eigenvalue weighted by molar-refractivity contribution is -0.154. The van der Waals surface area contributed by atoms with Gasteiger partial charge < -0.3 is 19.0 Å². The highest BCUT2D eigenvalue weighted by Gasteiger charge is 2.61. The van der Waals surface area contributed by atoms with E-state index < -0.39 is 14.1 Å². The van der Waals surface area contributed by atoms with Gasteiger partial charge in [0.15, 0.2) is 14.1 Å². The topological polar surface area (TPSA) is 47.9 Å². The molecule has 2 heterocycles. The molecule has 1 spiro atoms. The molecule has 1 aliphatic carbocycles. The van der Waals surface area contributed by atoms with E-state index in [2.05, 4.69) is 19.6 Å². The molecular weight excluding hydrogens is 348 g/mol. The zero-order chi connectivity index (χ0) is 16.9. The highest BCUT2D eigenvalue weighted by Crippen LogP contribution is 2.58. The van der Waals surface area contributed by atoms with Crippen molar-refractivity contribution in [3.63, 3.8) is 0 Å². The lowest BCUT2D eigenvalue weighted by atomic mass is 9.82. The average Bonchev–Trinajstić information content (AvgIpc) is 2.74. The highest BCUT2D eigenvalue weighted by molar-refractivity contribution is 8.18. The lowest BCUT2D eigenvalue weighted by Crippen LogP contribution is -2.59. The number of thioether (sulfide) groups is 2. The first-order valence-electron chi connectivity index (χ1n) is 8.58. The van der Waals surface area contributed by atoms with Gasteiger partial charge in [0.1, 0.15) is 6.10 Å². The van der Waals surface area contributed by atoms with Crippen LogP contribution in [-0.2, 0) is 13.9 Å². The van der Waals surface area contributed by atoms with Crippen LogP contribution in [0.4, 0.5) is 0 Å². The Morgan fingerprint density at radius 1 is 1.13 bits per heavy atom. The number of fused-ring (bicyclic) bond motifs is 1. The van der Waals surface area contributed by atoms with Crippen LogP contribution in [-0.4, -0.2) is 59.7 Å². The van der Waals surface area contributed by atoms with Crippen molar-refractivity contribution in [2.45, 2.75) is 74.5 Å². The molecule has 3 aliphatic rings. The molecule has 2 saturated heterocycles. The van der Waals surface area contributed by atoms with Gasteiger partial charge in [-0.15, -0.1) is 23.5 Å². The minimum atomic E-state index is -1.68. The maximum atomic E-state index is 10.2. The molecule has 2 aliphatic heterocycles. The maximum Gasteiger partial charge on any atom is 0.184 e. The summed E-state index contributed by atoms with van der Waals surface area (Å²) >= 11 is 4.00. The van der Waals surface area contributed by atoms with Crippen LogP contribution >= 0.6 is 23.5 Å². The molecule has 0 aromatic carbocycles. The normalized spacial score (nSPS) is 39.4. The van der Waals surface area contributed by atoms with Crippen LogP contribution in [0.2, 0.25) is 19.6 Å². The molecule has 4 nitrogen and oxygen atoms in total. The quantitative estimate of drug-likeness (QED) is 0.761. The van der Waals surface area contributed by atoms with E-state index in [-0.39, 0.29) is 34.9 Å². The van der Waals surface area contributed by atoms with Gasteiger partial charge in [-0.05, 0) is 57.8 Å². The van der Waals surface area contributed by atoms with Crippen molar-refractivity contribution in [1.82, 2.24) is 0 Å². The second-order valence-corrected chi connectivity index (χ2v) is 15.8. The molecule has 0 bridgehead atoms. The first-order valence-corrected chi connectivity index (χ1v) is 14.0. The zero-order valence-corrected chi connectivity index (χ0v) is 17.5. The number of ether oxygens (including phenoxy) is 2. The molecule has 7 heteroatoms. The minimum absolute atomic E-state index is 0.00225. The number of hydrogen-bond acceptors (Lipinski definition) is 6. The van der Waals surface area contributed by atoms with Crippen molar-refractivity contribution in [3.05, 3.63) is 0 Å². The largest absolute Gasteiger partial charge is 0.412 e. The first-order chi connectivity index (χ1) is 10.7. The first kappa shape index (κ1) is 18.5. The van der Waals surface area contributed by atoms with E-state index in [4.69, 9.17) is 13.9 Å². The Hall–Kier alpha value is 0.757. The molecule has 0 aromatic heterocycles. The van der Waals surface area contributed by atoms with Gasteiger partial charge in [-0.2, -0.15) is 0 Å². The van der Waals surface area contributed by atoms with Gasteiger partial charge >= 0.3 is 0 Å². The van der Waals surface area contributed by atoms with E-state index in [1.54, 1.807) is 0 Å². The SMILES string of the molecule is CC1(C)O[C@H]2[C@H](O1)[C@@H](CO)C1(C[C@@H]2O[Si](C)(C)C)SCCCS1. The summed E-state index contributed by atoms with van der Waals surface area (Å²) in [4.78, 5) is 0. The van der Waals surface area contributed by atoms with Gasteiger partial charge in [-0.3, -0.25) is 0 Å². The summed E-state index contributed by atoms with van der Waals surface area (Å²) in [5, 5.41) is 10.2. The highest BCUT2D eigenvalue weighted by atomic mass is 32.2. The summed E-state index contributed by atoms with van der Waals surface area (Å²) in [5.74, 6) is 1.82. The molecule has 1 N–H and O–H groups in total. The summed E-state index contributed by atoms with van der Waals surface area (Å²) < 4.78 is 19.0. The van der Waals surface area contributed by atoms with Gasteiger partial charge in [0.05, 0.1) is 22.9 Å². The summed E-state index contributed by atoms with van der Waals surface area (Å²) in [6, 6.07) is 0. The second-order valence-electron chi connectivity index (χ2n) is 8.19. The number of aliphatic hydroxyl groups is 1. The molecule has 23 heavy (non-hydrogen) atoms. The smallest absolute Gasteiger partial charge is 0.184 e. The Kier molecular flexibility index (Phi) is 5.23. The minimum Gasteiger partial charge on any atom is -0.412 e. The predicted molar refractivity (Wildman–Crippen MR) is 99.5 cm³/mol. The van der Waals surface area contributed by atoms with E-state index in [9.17, 15) is 5.11 Å². The third-order valence-electron chi connectivity index (χ3n) is 4.66. The molecule has 4 atom stereocenters. The predicted octanol–water partition coefficient (Wildman–Crippen LogP) is 3.31. The molecule has 3 fully saturated rings. The molecular formula is C16H30O4S2Si. The monoisotopic (exact) mass is 378 g/mol. The van der Waals surface area contributed by atoms with Gasteiger partial charge in [0.25, 0.3) is 0 Å². The fourth-order valence-electron chi connectivity index (χ4n) is 3.94. The second kappa shape index (κ2) is 6.48. The Morgan fingerprint density at radius 3 is 2.30 bits per heavy atom. The standard InChI is InChI=1S/C16H30O4S2Si/c1-15(2)18-13-11(10-17)16(21-7-6-8-22-16)9-12(14(13)19-15)20-23(3,4)5/h11-14,17H,6-10H2,1-5H3/t11-,12+,13-,14-/m1/s1. The van der Waals surface area contributed by atoms with Crippen molar-refractivity contribution in [3.8, 4) is 0 Å². The van der Waals surface area contributed by atoms with Crippen molar-refractivity contribution in [1.29, 1.82) is 0 Å². The number of hydrogen-bond donors (Lipinski definition) is 1. The van der Waals surface area contributed by atoms with Crippen LogP contribution in [0.15, 0.2) is 0 Å². The zero-order valence-electron chi connectivity index (χ0n) is 14.8. The molecule has 0 amide bonds. The summed E-state index contributed by atoms with van der Waals surface area (Å²) in [5.41, 5.74) is 0. The molecule has 134 valence electrons. The van der Waals surface area contributed by atoms with E-state index >= 15 is 0 Å². The fraction of sp³-hybridized carbons (Fsp3) is 1.00. The van der Waals surface area contributed by atoms with Crippen molar-refractivity contribution >= 4 is 31.8 Å². The van der Waals surface area contributed by atoms with E-state index in [1.807, 2.05) is 37.4 Å². The van der Waals surface area contributed by atoms with Crippen LogP contribution in [0, 0.1) is 5.92 Å². The third kappa shape index (κ3) is 3.81. The number of rotatable bonds is 3. The van der Waals surface area contributed by atoms with E-state index in [1.165, 1.54) is 6.42 Å². The lowest BCUT2D eigenvalue weighted by Gasteiger charge is -2.51. The van der Waals surface area contributed by atoms with Gasteiger partial charge in [-0.25, -0.2) is 0 Å². The fourth-order valence-corrected chi connectivity index (χ4v) is 8.76. The van der Waals surface area contributed by atoms with Crippen LogP contribution in [0.3, 0.4) is 0 Å². The van der Waals surface area contributed by atoms with Crippen molar-refractivity contribution < 1.29 is 19.0 Å². The average molecular weight is 379 g/mol. The summed E-state index contributed by atoms with van der Waals surface area (Å²) in [6.45, 7) is 10.8. The Bertz CT molecular complexity index is 434. The molecule has 0 aromatic rings. The van der Waals surface area contributed by atoms with Gasteiger partial charge in [0.2, 0.25) is 0 Å². The maximum absolute atomic E-state index is 10.2. The molecule has 3 rings (SSSR count). The van der Waals surface area contributed by atoms with Crippen LogP contribution in [0.1, 0.15) is 26.7 Å². The van der Waals surface area contributed by atoms with Gasteiger partial charge in [0, 0.05) is 5.92 Å². The Morgan fingerprint density at radius 2 is 1.74 bits per heavy atom. The molecule has 0 unspecified atom stereocenters. The Labute approximate surface area is 149 Å². The molecule has 0 radical (unpaired) electrons. The van der Waals surface area contributed by atoms with Crippen LogP contribution in [0.5, 0.6) is 0 Å². The third-order valence-corrected chi connectivity index (χ3v) is 9.28. The van der Waals surface area contributed by atoms with E-state index in [0.29, 0.717) is 0 Å². The van der Waals surface area contributed by atoms with E-state index in [0.717, 1.165) is 17.9 Å². The van der Waals surface area contributed by atoms with Crippen LogP contribution < -0.4 is 0 Å². The van der Waals surface area contributed by atoms with Crippen molar-refractivity contribution in [2.75, 3.05) is 18.1 Å². The molecule has 1 saturated carbocycles. The summed E-state index contributed by atoms with van der Waals surface area (Å²) in [6.07, 6.45) is 2.10. The van der Waals surface area contributed by atoms with Crippen LogP contribution in [0.25, 0.3) is 0 Å². The summed E-state index contributed by atoms with van der Waals surface area (Å²) in [7, 11) is -1.68.